The lowest BCUT2D eigenvalue weighted by Crippen LogP contribution is -2.57. The third-order valence-electron chi connectivity index (χ3n) is 7.06. The second-order valence-corrected chi connectivity index (χ2v) is 9.91. The third-order valence-corrected chi connectivity index (χ3v) is 7.06. The number of ether oxygens (including phenoxy) is 4. The molecule has 3 aliphatic rings. The van der Waals surface area contributed by atoms with Gasteiger partial charge in [-0.3, -0.25) is 4.79 Å². The number of fused-ring (bicyclic) bond motifs is 2. The van der Waals surface area contributed by atoms with Crippen LogP contribution in [0.15, 0.2) is 24.8 Å². The number of amides is 2. The van der Waals surface area contributed by atoms with Crippen LogP contribution < -0.4 is 9.64 Å². The Bertz CT molecular complexity index is 1000. The number of nitrogens with zero attached hydrogens (tertiary/aromatic N) is 2. The highest BCUT2D eigenvalue weighted by molar-refractivity contribution is 6.05. The number of carbonyl (C=O) groups excluding carboxylic acids is 3. The van der Waals surface area contributed by atoms with E-state index in [4.69, 9.17) is 18.9 Å². The van der Waals surface area contributed by atoms with Crippen molar-refractivity contribution < 1.29 is 33.3 Å². The zero-order valence-electron chi connectivity index (χ0n) is 21.9. The van der Waals surface area contributed by atoms with E-state index in [1.807, 2.05) is 11.8 Å². The lowest BCUT2D eigenvalue weighted by molar-refractivity contribution is -0.198. The van der Waals surface area contributed by atoms with Crippen LogP contribution >= 0.6 is 0 Å². The number of aryl methyl sites for hydroxylation is 1. The number of hydrogen-bond acceptors (Lipinski definition) is 7. The van der Waals surface area contributed by atoms with E-state index in [2.05, 4.69) is 6.58 Å². The minimum Gasteiger partial charge on any atom is -0.493 e. The monoisotopic (exact) mass is 514 g/mol. The minimum absolute atomic E-state index is 0.0277. The van der Waals surface area contributed by atoms with Gasteiger partial charge in [0.2, 0.25) is 0 Å². The Balaban J connectivity index is 1.76. The van der Waals surface area contributed by atoms with E-state index in [9.17, 15) is 14.4 Å². The van der Waals surface area contributed by atoms with Crippen molar-refractivity contribution >= 4 is 23.5 Å². The number of Topliss-reactive ketones (excluding diaryl/α,β-unsaturated/α-hetero) is 1. The molecule has 9 nitrogen and oxygen atoms in total. The number of carbonyl (C=O) groups is 3. The molecule has 0 radical (unpaired) electrons. The first kappa shape index (κ1) is 27.1. The van der Waals surface area contributed by atoms with Crippen LogP contribution in [0.1, 0.15) is 74.2 Å². The molecular formula is C28H38N2O7. The van der Waals surface area contributed by atoms with Gasteiger partial charge < -0.3 is 28.6 Å². The molecule has 4 rings (SSSR count). The summed E-state index contributed by atoms with van der Waals surface area (Å²) in [6, 6.07) is 3.16. The minimum atomic E-state index is -0.779. The van der Waals surface area contributed by atoms with Gasteiger partial charge in [-0.25, -0.2) is 9.69 Å². The van der Waals surface area contributed by atoms with Crippen molar-refractivity contribution in [1.82, 2.24) is 4.90 Å². The normalized spacial score (nSPS) is 23.5. The summed E-state index contributed by atoms with van der Waals surface area (Å²) in [4.78, 5) is 42.0. The van der Waals surface area contributed by atoms with Gasteiger partial charge in [0.15, 0.2) is 12.5 Å². The molecule has 1 aromatic carbocycles. The van der Waals surface area contributed by atoms with Crippen LogP contribution in [0.5, 0.6) is 5.75 Å². The summed E-state index contributed by atoms with van der Waals surface area (Å²) in [6.45, 7) is 8.64. The van der Waals surface area contributed by atoms with E-state index in [1.165, 1.54) is 11.0 Å². The fraction of sp³-hybridized carbons (Fsp3) is 0.607. The molecule has 0 bridgehead atoms. The number of benzene rings is 1. The lowest BCUT2D eigenvalue weighted by atomic mass is 10.00. The van der Waals surface area contributed by atoms with Crippen LogP contribution in [-0.2, 0) is 19.0 Å². The van der Waals surface area contributed by atoms with Gasteiger partial charge in [0.1, 0.15) is 18.1 Å². The van der Waals surface area contributed by atoms with Gasteiger partial charge in [0.05, 0.1) is 23.9 Å². The summed E-state index contributed by atoms with van der Waals surface area (Å²) in [5.41, 5.74) is 1.58. The van der Waals surface area contributed by atoms with Crippen molar-refractivity contribution in [2.45, 2.75) is 83.8 Å². The summed E-state index contributed by atoms with van der Waals surface area (Å²) in [5.74, 6) is 0.512. The zero-order chi connectivity index (χ0) is 26.4. The van der Waals surface area contributed by atoms with Crippen LogP contribution in [0.4, 0.5) is 10.5 Å². The van der Waals surface area contributed by atoms with Gasteiger partial charge >= 0.3 is 6.09 Å². The molecule has 3 atom stereocenters. The molecule has 0 spiro atoms. The van der Waals surface area contributed by atoms with Gasteiger partial charge in [-0.05, 0) is 70.4 Å². The van der Waals surface area contributed by atoms with Crippen LogP contribution in [0.3, 0.4) is 0 Å². The Morgan fingerprint density at radius 1 is 1.19 bits per heavy atom. The van der Waals surface area contributed by atoms with Crippen molar-refractivity contribution in [3.05, 3.63) is 35.9 Å². The standard InChI is InChI=1S/C28H38N2O7/c1-4-14-36-28(33)30-23-18-24(34-16-9-10-20(3)31)19(2)17-21(23)26(32)29-13-7-5-11-22(29)27(30)37-25-12-6-8-15-35-25/h4,17-18,22,25,27H,1,5-16H2,2-3H3/t22-,25?,27?/m0/s1. The maximum Gasteiger partial charge on any atom is 0.416 e. The molecule has 1 aromatic rings. The number of piperidine rings is 1. The summed E-state index contributed by atoms with van der Waals surface area (Å²) in [7, 11) is 0. The van der Waals surface area contributed by atoms with Gasteiger partial charge in [-0.1, -0.05) is 12.7 Å². The van der Waals surface area contributed by atoms with E-state index in [0.29, 0.717) is 56.0 Å². The van der Waals surface area contributed by atoms with Gasteiger partial charge in [0, 0.05) is 25.6 Å². The molecular weight excluding hydrogens is 476 g/mol. The average Bonchev–Trinajstić information content (AvgIpc) is 2.99. The number of rotatable bonds is 9. The number of anilines is 1. The van der Waals surface area contributed by atoms with Crippen molar-refractivity contribution in [3.8, 4) is 5.75 Å². The lowest BCUT2D eigenvalue weighted by Gasteiger charge is -2.42. The first-order valence-electron chi connectivity index (χ1n) is 13.3. The molecule has 0 saturated carbocycles. The molecule has 0 aliphatic carbocycles. The summed E-state index contributed by atoms with van der Waals surface area (Å²) in [5, 5.41) is 0. The molecule has 0 aromatic heterocycles. The number of hydrogen-bond donors (Lipinski definition) is 0. The molecule has 0 N–H and O–H groups in total. The Morgan fingerprint density at radius 3 is 2.73 bits per heavy atom. The van der Waals surface area contributed by atoms with Gasteiger partial charge in [0.25, 0.3) is 5.91 Å². The first-order valence-corrected chi connectivity index (χ1v) is 13.3. The molecule has 2 saturated heterocycles. The van der Waals surface area contributed by atoms with E-state index in [-0.39, 0.29) is 24.3 Å². The van der Waals surface area contributed by atoms with Crippen LogP contribution in [0, 0.1) is 6.92 Å². The smallest absolute Gasteiger partial charge is 0.416 e. The van der Waals surface area contributed by atoms with Crippen molar-refractivity contribution in [1.29, 1.82) is 0 Å². The highest BCUT2D eigenvalue weighted by Crippen LogP contribution is 2.40. The maximum absolute atomic E-state index is 13.9. The second-order valence-electron chi connectivity index (χ2n) is 9.91. The highest BCUT2D eigenvalue weighted by Gasteiger charge is 2.46. The fourth-order valence-electron chi connectivity index (χ4n) is 5.20. The Kier molecular flexibility index (Phi) is 9.21. The van der Waals surface area contributed by atoms with Crippen LogP contribution in [0.2, 0.25) is 0 Å². The largest absolute Gasteiger partial charge is 0.493 e. The van der Waals surface area contributed by atoms with E-state index < -0.39 is 18.6 Å². The summed E-state index contributed by atoms with van der Waals surface area (Å²) < 4.78 is 23.9. The Labute approximate surface area is 218 Å². The second kappa shape index (κ2) is 12.6. The molecule has 2 unspecified atom stereocenters. The van der Waals surface area contributed by atoms with Crippen molar-refractivity contribution in [2.75, 3.05) is 31.3 Å². The molecule has 3 heterocycles. The summed E-state index contributed by atoms with van der Waals surface area (Å²) >= 11 is 0. The molecule has 2 amide bonds. The Morgan fingerprint density at radius 2 is 2.00 bits per heavy atom. The molecule has 2 fully saturated rings. The Hall–Kier alpha value is -2.91. The van der Waals surface area contributed by atoms with E-state index in [0.717, 1.165) is 37.7 Å². The van der Waals surface area contributed by atoms with Gasteiger partial charge in [-0.2, -0.15) is 0 Å². The van der Waals surface area contributed by atoms with Crippen LogP contribution in [-0.4, -0.2) is 67.6 Å². The van der Waals surface area contributed by atoms with E-state index in [1.54, 1.807) is 19.1 Å². The SMILES string of the molecule is C=CCOC(=O)N1c2cc(OCCCC(C)=O)c(C)cc2C(=O)N2CCCC[C@H]2C1OC1CCCCO1. The maximum atomic E-state index is 13.9. The average molecular weight is 515 g/mol. The predicted molar refractivity (Wildman–Crippen MR) is 138 cm³/mol. The highest BCUT2D eigenvalue weighted by atomic mass is 16.7. The molecule has 202 valence electrons. The van der Waals surface area contributed by atoms with Crippen molar-refractivity contribution in [3.63, 3.8) is 0 Å². The van der Waals surface area contributed by atoms with Crippen molar-refractivity contribution in [2.24, 2.45) is 0 Å². The molecule has 3 aliphatic heterocycles. The quantitative estimate of drug-likeness (QED) is 0.347. The first-order chi connectivity index (χ1) is 17.9. The van der Waals surface area contributed by atoms with Crippen LogP contribution in [0.25, 0.3) is 0 Å². The fourth-order valence-corrected chi connectivity index (χ4v) is 5.20. The zero-order valence-corrected chi connectivity index (χ0v) is 21.9. The molecule has 37 heavy (non-hydrogen) atoms. The topological polar surface area (TPSA) is 94.6 Å². The van der Waals surface area contributed by atoms with E-state index >= 15 is 0 Å². The predicted octanol–water partition coefficient (Wildman–Crippen LogP) is 4.75. The summed E-state index contributed by atoms with van der Waals surface area (Å²) in [6.07, 6.45) is 5.83. The molecule has 9 heteroatoms. The number of ketones is 1. The third kappa shape index (κ3) is 6.33. The van der Waals surface area contributed by atoms with Gasteiger partial charge in [-0.15, -0.1) is 0 Å².